The summed E-state index contributed by atoms with van der Waals surface area (Å²) in [5.41, 5.74) is 0.134. The van der Waals surface area contributed by atoms with Gasteiger partial charge in [-0.1, -0.05) is 12.5 Å². The van der Waals surface area contributed by atoms with E-state index in [1.165, 1.54) is 24.3 Å². The first-order valence-corrected chi connectivity index (χ1v) is 14.6. The second kappa shape index (κ2) is 11.0. The van der Waals surface area contributed by atoms with Gasteiger partial charge in [-0.05, 0) is 67.8 Å². The Labute approximate surface area is 233 Å². The van der Waals surface area contributed by atoms with Crippen molar-refractivity contribution in [3.8, 4) is 17.8 Å². The van der Waals surface area contributed by atoms with Gasteiger partial charge in [-0.25, -0.2) is 4.68 Å². The van der Waals surface area contributed by atoms with Gasteiger partial charge in [-0.3, -0.25) is 23.8 Å². The van der Waals surface area contributed by atoms with Crippen LogP contribution >= 0.6 is 0 Å². The van der Waals surface area contributed by atoms with Crippen LogP contribution in [0, 0.1) is 22.7 Å². The molecule has 0 bridgehead atoms. The molecular weight excluding hydrogens is 576 g/mol. The average molecular weight is 597 g/mol. The van der Waals surface area contributed by atoms with E-state index >= 15 is 0 Å². The Balaban J connectivity index is 1.65. The van der Waals surface area contributed by atoms with Crippen LogP contribution in [0.4, 0.5) is 5.69 Å². The first kappa shape index (κ1) is 29.1. The third-order valence-corrected chi connectivity index (χ3v) is 8.01. The summed E-state index contributed by atoms with van der Waals surface area (Å²) < 4.78 is 64.6. The summed E-state index contributed by atoms with van der Waals surface area (Å²) in [5, 5.41) is 26.9. The Morgan fingerprint density at radius 1 is 0.902 bits per heavy atom. The largest absolute Gasteiger partial charge is 0.294 e. The average Bonchev–Trinajstić information content (AvgIpc) is 3.44. The number of carbonyl (C=O) groups is 1. The quantitative estimate of drug-likeness (QED) is 0.253. The van der Waals surface area contributed by atoms with Gasteiger partial charge >= 0.3 is 0 Å². The van der Waals surface area contributed by atoms with E-state index in [1.807, 2.05) is 12.1 Å². The van der Waals surface area contributed by atoms with Crippen LogP contribution in [0.2, 0.25) is 0 Å². The molecule has 0 aliphatic carbocycles. The Bertz CT molecular complexity index is 1970. The van der Waals surface area contributed by atoms with Crippen LogP contribution in [-0.4, -0.2) is 47.3 Å². The zero-order valence-electron chi connectivity index (χ0n) is 21.1. The van der Waals surface area contributed by atoms with E-state index in [9.17, 15) is 41.5 Å². The van der Waals surface area contributed by atoms with E-state index in [2.05, 4.69) is 10.2 Å². The van der Waals surface area contributed by atoms with Gasteiger partial charge in [0.15, 0.2) is 5.71 Å². The highest BCUT2D eigenvalue weighted by atomic mass is 32.2. The van der Waals surface area contributed by atoms with E-state index in [0.29, 0.717) is 12.0 Å². The molecule has 1 aromatic heterocycles. The Hall–Kier alpha value is -4.87. The number of rotatable bonds is 8. The number of aromatic nitrogens is 2. The predicted molar refractivity (Wildman–Crippen MR) is 143 cm³/mol. The molecule has 3 N–H and O–H groups in total. The van der Waals surface area contributed by atoms with E-state index in [4.69, 9.17) is 4.55 Å². The first-order chi connectivity index (χ1) is 19.3. The molecule has 3 aromatic rings. The van der Waals surface area contributed by atoms with Crippen molar-refractivity contribution in [2.75, 3.05) is 5.01 Å². The minimum Gasteiger partial charge on any atom is -0.282 e. The number of amides is 1. The lowest BCUT2D eigenvalue weighted by Gasteiger charge is -2.13. The molecule has 41 heavy (non-hydrogen) atoms. The number of nitrogens with zero attached hydrogens (tertiary/aromatic N) is 5. The topological polar surface area (TPSA) is 227 Å². The second-order valence-electron chi connectivity index (χ2n) is 8.67. The van der Waals surface area contributed by atoms with Gasteiger partial charge < -0.3 is 0 Å². The number of hydrogen-bond donors (Lipinski definition) is 3. The first-order valence-electron chi connectivity index (χ1n) is 11.7. The fraction of sp³-hybridized carbons (Fsp3) is 0.160. The SMILES string of the molecule is CCC(CCc1c(C#N)[nH]n(-c2ccc(S(=O)(=O)O)cc2)c1=O)=C1C(=O)N(c2ccc(S(=O)(=O)O)cc2)N=C1C#N. The molecule has 0 atom stereocenters. The highest BCUT2D eigenvalue weighted by Gasteiger charge is 2.34. The molecule has 1 amide bonds. The molecule has 4 rings (SSSR count). The molecule has 0 radical (unpaired) electrons. The zero-order chi connectivity index (χ0) is 30.1. The number of nitriles is 2. The van der Waals surface area contributed by atoms with Crippen LogP contribution in [-0.2, 0) is 31.5 Å². The summed E-state index contributed by atoms with van der Waals surface area (Å²) in [6.07, 6.45) is 0.419. The predicted octanol–water partition coefficient (Wildman–Crippen LogP) is 2.10. The fourth-order valence-electron chi connectivity index (χ4n) is 4.23. The highest BCUT2D eigenvalue weighted by Crippen LogP contribution is 2.29. The molecule has 14 nitrogen and oxygen atoms in total. The number of hydrazone groups is 1. The third kappa shape index (κ3) is 5.72. The summed E-state index contributed by atoms with van der Waals surface area (Å²) in [5.74, 6) is -0.649. The fourth-order valence-corrected chi connectivity index (χ4v) is 5.19. The van der Waals surface area contributed by atoms with Gasteiger partial charge in [0.05, 0.1) is 32.3 Å². The molecule has 0 unspecified atom stereocenters. The lowest BCUT2D eigenvalue weighted by atomic mass is 9.95. The maximum atomic E-state index is 13.3. The smallest absolute Gasteiger partial charge is 0.282 e. The van der Waals surface area contributed by atoms with Crippen molar-refractivity contribution in [3.63, 3.8) is 0 Å². The van der Waals surface area contributed by atoms with E-state index < -0.39 is 31.7 Å². The molecular formula is C25H20N6O8S2. The molecule has 0 fully saturated rings. The van der Waals surface area contributed by atoms with Crippen LogP contribution < -0.4 is 10.6 Å². The van der Waals surface area contributed by atoms with Crippen molar-refractivity contribution >= 4 is 37.5 Å². The Morgan fingerprint density at radius 2 is 1.44 bits per heavy atom. The third-order valence-electron chi connectivity index (χ3n) is 6.28. The molecule has 0 saturated carbocycles. The lowest BCUT2D eigenvalue weighted by Crippen LogP contribution is -2.22. The maximum absolute atomic E-state index is 13.3. The molecule has 2 heterocycles. The van der Waals surface area contributed by atoms with Crippen molar-refractivity contribution in [2.24, 2.45) is 5.10 Å². The number of carbonyl (C=O) groups excluding carboxylic acids is 1. The van der Waals surface area contributed by atoms with Gasteiger partial charge in [-0.2, -0.15) is 37.5 Å². The molecule has 210 valence electrons. The van der Waals surface area contributed by atoms with Crippen LogP contribution in [0.5, 0.6) is 0 Å². The minimum absolute atomic E-state index is 0.00997. The number of H-pyrrole nitrogens is 1. The number of benzene rings is 2. The molecule has 0 saturated heterocycles. The molecule has 0 spiro atoms. The van der Waals surface area contributed by atoms with Crippen LogP contribution in [0.3, 0.4) is 0 Å². The molecule has 16 heteroatoms. The van der Waals surface area contributed by atoms with Crippen molar-refractivity contribution in [2.45, 2.75) is 36.0 Å². The Morgan fingerprint density at radius 3 is 1.90 bits per heavy atom. The number of allylic oxidation sites excluding steroid dienone is 1. The summed E-state index contributed by atoms with van der Waals surface area (Å²) in [6.45, 7) is 1.74. The van der Waals surface area contributed by atoms with Gasteiger partial charge in [0.2, 0.25) is 0 Å². The lowest BCUT2D eigenvalue weighted by molar-refractivity contribution is -0.114. The standard InChI is InChI=1S/C25H20N6O8S2/c1-2-15(23-22(14-27)29-31(25(23)33)17-6-10-19(11-7-17)41(37,38)39)3-12-20-21(13-26)28-30(24(20)32)16-4-8-18(9-5-16)40(34,35)36/h4-11,28H,2-3,12H2,1H3,(H,34,35,36)(H,37,38,39). The van der Waals surface area contributed by atoms with Crippen LogP contribution in [0.1, 0.15) is 31.0 Å². The molecule has 2 aromatic carbocycles. The number of aromatic amines is 1. The van der Waals surface area contributed by atoms with E-state index in [0.717, 1.165) is 34.0 Å². The maximum Gasteiger partial charge on any atom is 0.294 e. The van der Waals surface area contributed by atoms with Gasteiger partial charge in [0, 0.05) is 0 Å². The van der Waals surface area contributed by atoms with Crippen LogP contribution in [0.25, 0.3) is 5.69 Å². The minimum atomic E-state index is -4.46. The summed E-state index contributed by atoms with van der Waals surface area (Å²) in [6, 6.07) is 13.2. The number of anilines is 1. The normalized spacial score (nSPS) is 14.9. The van der Waals surface area contributed by atoms with Gasteiger partial charge in [0.25, 0.3) is 31.7 Å². The number of nitrogens with one attached hydrogen (secondary N) is 1. The zero-order valence-corrected chi connectivity index (χ0v) is 22.8. The van der Waals surface area contributed by atoms with E-state index in [1.54, 1.807) is 6.92 Å². The molecule has 1 aliphatic heterocycles. The van der Waals surface area contributed by atoms with Gasteiger partial charge in [-0.15, -0.1) is 0 Å². The summed E-state index contributed by atoms with van der Waals surface area (Å²) in [7, 11) is -8.90. The van der Waals surface area contributed by atoms with Crippen molar-refractivity contribution < 1.29 is 30.7 Å². The Kier molecular flexibility index (Phi) is 7.78. The van der Waals surface area contributed by atoms with Crippen molar-refractivity contribution in [3.05, 3.63) is 81.3 Å². The monoisotopic (exact) mass is 596 g/mol. The summed E-state index contributed by atoms with van der Waals surface area (Å²) >= 11 is 0. The van der Waals surface area contributed by atoms with Gasteiger partial charge in [0.1, 0.15) is 17.8 Å². The second-order valence-corrected chi connectivity index (χ2v) is 11.5. The van der Waals surface area contributed by atoms with E-state index in [-0.39, 0.29) is 56.5 Å². The summed E-state index contributed by atoms with van der Waals surface area (Å²) in [4.78, 5) is 25.7. The van der Waals surface area contributed by atoms with Crippen molar-refractivity contribution in [1.29, 1.82) is 10.5 Å². The number of hydrogen-bond acceptors (Lipinski definition) is 9. The highest BCUT2D eigenvalue weighted by molar-refractivity contribution is 7.86. The van der Waals surface area contributed by atoms with Crippen molar-refractivity contribution in [1.82, 2.24) is 9.78 Å². The molecule has 1 aliphatic rings. The van der Waals surface area contributed by atoms with Crippen LogP contribution in [0.15, 0.2) is 79.4 Å².